The van der Waals surface area contributed by atoms with Gasteiger partial charge in [-0.1, -0.05) is 51.7 Å². The Morgan fingerprint density at radius 3 is 2.69 bits per heavy atom. The van der Waals surface area contributed by atoms with E-state index in [1.54, 1.807) is 0 Å². The van der Waals surface area contributed by atoms with Crippen molar-refractivity contribution in [1.82, 2.24) is 0 Å². The van der Waals surface area contributed by atoms with Crippen molar-refractivity contribution in [3.63, 3.8) is 0 Å². The predicted molar refractivity (Wildman–Crippen MR) is 105 cm³/mol. The van der Waals surface area contributed by atoms with E-state index in [9.17, 15) is 9.59 Å². The molecule has 2 nitrogen and oxygen atoms in total. The van der Waals surface area contributed by atoms with Gasteiger partial charge < -0.3 is 0 Å². The fraction of sp³-hybridized carbons (Fsp3) is 0.750. The van der Waals surface area contributed by atoms with Crippen LogP contribution in [0.2, 0.25) is 0 Å². The van der Waals surface area contributed by atoms with Crippen LogP contribution in [0.5, 0.6) is 0 Å². The SMILES string of the molecule is CCCCC[C@@H]1CC2C(CC[C@]3(C)C(=O)CCC23)[C@@]2(C)C=CC(=O)C=C12. The molecule has 0 heterocycles. The Labute approximate surface area is 158 Å². The number of carbonyl (C=O) groups excluding carboxylic acids is 2. The summed E-state index contributed by atoms with van der Waals surface area (Å²) >= 11 is 0. The van der Waals surface area contributed by atoms with Crippen LogP contribution in [0, 0.1) is 34.5 Å². The Balaban J connectivity index is 1.69. The van der Waals surface area contributed by atoms with Gasteiger partial charge in [-0.3, -0.25) is 9.59 Å². The molecule has 0 aromatic carbocycles. The highest BCUT2D eigenvalue weighted by Crippen LogP contribution is 2.65. The van der Waals surface area contributed by atoms with Crippen molar-refractivity contribution in [3.8, 4) is 0 Å². The van der Waals surface area contributed by atoms with Crippen molar-refractivity contribution in [1.29, 1.82) is 0 Å². The molecule has 0 aromatic heterocycles. The zero-order valence-corrected chi connectivity index (χ0v) is 16.7. The molecule has 0 spiro atoms. The van der Waals surface area contributed by atoms with Crippen LogP contribution in [0.1, 0.15) is 78.6 Å². The van der Waals surface area contributed by atoms with Gasteiger partial charge in [0.15, 0.2) is 5.78 Å². The Morgan fingerprint density at radius 2 is 1.92 bits per heavy atom. The zero-order valence-electron chi connectivity index (χ0n) is 16.7. The van der Waals surface area contributed by atoms with Crippen molar-refractivity contribution in [2.75, 3.05) is 0 Å². The number of unbranched alkanes of at least 4 members (excludes halogenated alkanes) is 2. The summed E-state index contributed by atoms with van der Waals surface area (Å²) in [6.07, 6.45) is 16.2. The fourth-order valence-electron chi connectivity index (χ4n) is 7.11. The molecule has 3 saturated carbocycles. The number of carbonyl (C=O) groups is 2. The summed E-state index contributed by atoms with van der Waals surface area (Å²) in [7, 11) is 0. The number of allylic oxidation sites excluding steroid dienone is 4. The lowest BCUT2D eigenvalue weighted by Gasteiger charge is -2.57. The second-order valence-corrected chi connectivity index (χ2v) is 9.84. The minimum atomic E-state index is -0.0685. The first-order valence-corrected chi connectivity index (χ1v) is 10.9. The van der Waals surface area contributed by atoms with Crippen LogP contribution < -0.4 is 0 Å². The van der Waals surface area contributed by atoms with Crippen molar-refractivity contribution in [2.24, 2.45) is 34.5 Å². The topological polar surface area (TPSA) is 34.1 Å². The molecule has 4 rings (SSSR count). The normalized spacial score (nSPS) is 44.3. The molecule has 0 bridgehead atoms. The number of hydrogen-bond donors (Lipinski definition) is 0. The van der Waals surface area contributed by atoms with E-state index in [0.29, 0.717) is 29.5 Å². The van der Waals surface area contributed by atoms with Crippen molar-refractivity contribution < 1.29 is 9.59 Å². The fourth-order valence-corrected chi connectivity index (χ4v) is 7.11. The van der Waals surface area contributed by atoms with Gasteiger partial charge in [-0.2, -0.15) is 0 Å². The second-order valence-electron chi connectivity index (χ2n) is 9.84. The molecule has 142 valence electrons. The minimum absolute atomic E-state index is 0.0284. The van der Waals surface area contributed by atoms with Crippen LogP contribution in [0.15, 0.2) is 23.8 Å². The molecule has 6 atom stereocenters. The molecular formula is C24H34O2. The van der Waals surface area contributed by atoms with Crippen LogP contribution in [0.4, 0.5) is 0 Å². The van der Waals surface area contributed by atoms with Crippen LogP contribution in [-0.4, -0.2) is 11.6 Å². The van der Waals surface area contributed by atoms with Gasteiger partial charge in [-0.05, 0) is 67.9 Å². The highest BCUT2D eigenvalue weighted by Gasteiger charge is 2.59. The van der Waals surface area contributed by atoms with Crippen LogP contribution in [0.3, 0.4) is 0 Å². The minimum Gasteiger partial charge on any atom is -0.299 e. The lowest BCUT2D eigenvalue weighted by Crippen LogP contribution is -2.51. The van der Waals surface area contributed by atoms with Gasteiger partial charge in [0.05, 0.1) is 0 Å². The van der Waals surface area contributed by atoms with Crippen molar-refractivity contribution in [2.45, 2.75) is 78.6 Å². The molecule has 0 aliphatic heterocycles. The molecule has 0 saturated heterocycles. The molecule has 2 heteroatoms. The van der Waals surface area contributed by atoms with Crippen LogP contribution in [0.25, 0.3) is 0 Å². The van der Waals surface area contributed by atoms with E-state index < -0.39 is 0 Å². The molecule has 4 aliphatic rings. The Kier molecular flexibility index (Phi) is 4.52. The van der Waals surface area contributed by atoms with E-state index in [-0.39, 0.29) is 16.6 Å². The lowest BCUT2D eigenvalue weighted by atomic mass is 9.46. The summed E-state index contributed by atoms with van der Waals surface area (Å²) < 4.78 is 0. The number of rotatable bonds is 4. The molecular weight excluding hydrogens is 320 g/mol. The number of hydrogen-bond acceptors (Lipinski definition) is 2. The molecule has 3 fully saturated rings. The third-order valence-corrected chi connectivity index (χ3v) is 8.58. The summed E-state index contributed by atoms with van der Waals surface area (Å²) in [6.45, 7) is 6.89. The Hall–Kier alpha value is -1.18. The van der Waals surface area contributed by atoms with E-state index in [1.165, 1.54) is 37.7 Å². The average molecular weight is 355 g/mol. The smallest absolute Gasteiger partial charge is 0.178 e. The highest BCUT2D eigenvalue weighted by molar-refractivity contribution is 6.01. The van der Waals surface area contributed by atoms with Crippen LogP contribution in [-0.2, 0) is 9.59 Å². The van der Waals surface area contributed by atoms with E-state index in [2.05, 4.69) is 26.8 Å². The molecule has 0 N–H and O–H groups in total. The first kappa shape index (κ1) is 18.2. The van der Waals surface area contributed by atoms with Crippen molar-refractivity contribution >= 4 is 11.6 Å². The highest BCUT2D eigenvalue weighted by atomic mass is 16.1. The molecule has 4 aliphatic carbocycles. The van der Waals surface area contributed by atoms with Gasteiger partial charge in [0.2, 0.25) is 0 Å². The molecule has 0 aromatic rings. The van der Waals surface area contributed by atoms with E-state index in [0.717, 1.165) is 25.7 Å². The quantitative estimate of drug-likeness (QED) is 0.610. The maximum Gasteiger partial charge on any atom is 0.178 e. The zero-order chi connectivity index (χ0) is 18.5. The lowest BCUT2D eigenvalue weighted by molar-refractivity contribution is -0.132. The Bertz CT molecular complexity index is 672. The summed E-state index contributed by atoms with van der Waals surface area (Å²) in [6, 6.07) is 0. The molecule has 0 amide bonds. The van der Waals surface area contributed by atoms with Gasteiger partial charge in [-0.25, -0.2) is 0 Å². The molecule has 26 heavy (non-hydrogen) atoms. The van der Waals surface area contributed by atoms with Crippen LogP contribution >= 0.6 is 0 Å². The van der Waals surface area contributed by atoms with E-state index in [4.69, 9.17) is 0 Å². The third-order valence-electron chi connectivity index (χ3n) is 8.58. The maximum absolute atomic E-state index is 12.6. The van der Waals surface area contributed by atoms with Gasteiger partial charge in [0, 0.05) is 17.3 Å². The number of ketones is 2. The Morgan fingerprint density at radius 1 is 1.12 bits per heavy atom. The largest absolute Gasteiger partial charge is 0.299 e. The third kappa shape index (κ3) is 2.59. The van der Waals surface area contributed by atoms with Gasteiger partial charge in [-0.15, -0.1) is 0 Å². The molecule has 0 radical (unpaired) electrons. The first-order chi connectivity index (χ1) is 12.4. The monoisotopic (exact) mass is 354 g/mol. The first-order valence-electron chi connectivity index (χ1n) is 10.9. The molecule has 3 unspecified atom stereocenters. The van der Waals surface area contributed by atoms with E-state index in [1.807, 2.05) is 12.2 Å². The van der Waals surface area contributed by atoms with Gasteiger partial charge >= 0.3 is 0 Å². The summed E-state index contributed by atoms with van der Waals surface area (Å²) in [4.78, 5) is 24.8. The predicted octanol–water partition coefficient (Wildman–Crippen LogP) is 5.67. The summed E-state index contributed by atoms with van der Waals surface area (Å²) in [5.41, 5.74) is 1.37. The summed E-state index contributed by atoms with van der Waals surface area (Å²) in [5.74, 6) is 3.03. The standard InChI is InChI=1S/C24H34O2/c1-4-5-6-7-16-14-18-19-8-9-22(26)24(19,3)13-11-20(18)23(2)12-10-17(25)15-21(16)23/h10,12,15-16,18-20H,4-9,11,13-14H2,1-3H3/t16-,18?,19?,20?,23-,24+/m1/s1. The number of fused-ring (bicyclic) bond motifs is 5. The number of Topliss-reactive ketones (excluding diaryl/α,β-unsaturated/α-hetero) is 1. The summed E-state index contributed by atoms with van der Waals surface area (Å²) in [5, 5.41) is 0. The second kappa shape index (κ2) is 6.46. The van der Waals surface area contributed by atoms with Gasteiger partial charge in [0.1, 0.15) is 5.78 Å². The van der Waals surface area contributed by atoms with E-state index >= 15 is 0 Å². The average Bonchev–Trinajstić information content (AvgIpc) is 2.92. The van der Waals surface area contributed by atoms with Crippen molar-refractivity contribution in [3.05, 3.63) is 23.8 Å². The van der Waals surface area contributed by atoms with Gasteiger partial charge in [0.25, 0.3) is 0 Å². The maximum atomic E-state index is 12.6.